The zero-order valence-corrected chi connectivity index (χ0v) is 13.5. The first-order valence-corrected chi connectivity index (χ1v) is 8.06. The number of anilines is 1. The minimum Gasteiger partial charge on any atom is -0.398 e. The minimum atomic E-state index is -0.0359. The first-order valence-electron chi connectivity index (χ1n) is 8.06. The zero-order valence-electron chi connectivity index (χ0n) is 13.5. The summed E-state index contributed by atoms with van der Waals surface area (Å²) in [7, 11) is 0. The topological polar surface area (TPSA) is 55.1 Å². The number of aryl methyl sites for hydroxylation is 1. The molecule has 0 radical (unpaired) electrons. The third kappa shape index (κ3) is 3.99. The second-order valence-electron chi connectivity index (χ2n) is 7.08. The van der Waals surface area contributed by atoms with Crippen molar-refractivity contribution in [1.29, 1.82) is 0 Å². The van der Waals surface area contributed by atoms with Crippen molar-refractivity contribution in [3.8, 4) is 0 Å². The summed E-state index contributed by atoms with van der Waals surface area (Å²) >= 11 is 0. The molecule has 0 atom stereocenters. The van der Waals surface area contributed by atoms with Gasteiger partial charge < -0.3 is 11.1 Å². The number of nitrogens with two attached hydrogens (primary N) is 1. The molecule has 0 aromatic heterocycles. The standard InChI is InChI=1S/C18H28N2O/c1-13(2)11-18(8-4-5-9-18)12-20-17(21)15-10-14(3)6-7-16(15)19/h6-7,10,13H,4-5,8-9,11-12,19H2,1-3H3,(H,20,21). The van der Waals surface area contributed by atoms with Gasteiger partial charge in [0.1, 0.15) is 0 Å². The molecule has 0 aliphatic heterocycles. The van der Waals surface area contributed by atoms with Gasteiger partial charge in [0.2, 0.25) is 0 Å². The lowest BCUT2D eigenvalue weighted by atomic mass is 9.78. The predicted octanol–water partition coefficient (Wildman–Crippen LogP) is 3.91. The van der Waals surface area contributed by atoms with Gasteiger partial charge >= 0.3 is 0 Å². The number of carbonyl (C=O) groups is 1. The van der Waals surface area contributed by atoms with Crippen LogP contribution in [0.3, 0.4) is 0 Å². The maximum atomic E-state index is 12.4. The summed E-state index contributed by atoms with van der Waals surface area (Å²) in [6.07, 6.45) is 6.23. The molecule has 1 aromatic carbocycles. The molecule has 0 bridgehead atoms. The molecule has 1 amide bonds. The Morgan fingerprint density at radius 1 is 1.33 bits per heavy atom. The number of amides is 1. The summed E-state index contributed by atoms with van der Waals surface area (Å²) in [6, 6.07) is 5.61. The van der Waals surface area contributed by atoms with Crippen molar-refractivity contribution in [2.45, 2.75) is 52.9 Å². The quantitative estimate of drug-likeness (QED) is 0.807. The highest BCUT2D eigenvalue weighted by Crippen LogP contribution is 2.42. The minimum absolute atomic E-state index is 0.0359. The third-order valence-electron chi connectivity index (χ3n) is 4.58. The van der Waals surface area contributed by atoms with E-state index in [1.807, 2.05) is 25.1 Å². The average molecular weight is 288 g/mol. The molecular formula is C18H28N2O. The van der Waals surface area contributed by atoms with Crippen LogP contribution in [-0.2, 0) is 0 Å². The lowest BCUT2D eigenvalue weighted by molar-refractivity contribution is 0.0922. The van der Waals surface area contributed by atoms with Crippen LogP contribution in [0.1, 0.15) is 61.9 Å². The maximum absolute atomic E-state index is 12.4. The lowest BCUT2D eigenvalue weighted by Gasteiger charge is -2.31. The zero-order chi connectivity index (χ0) is 15.5. The van der Waals surface area contributed by atoms with Crippen LogP contribution in [0.15, 0.2) is 18.2 Å². The second-order valence-corrected chi connectivity index (χ2v) is 7.08. The fourth-order valence-corrected chi connectivity index (χ4v) is 3.67. The van der Waals surface area contributed by atoms with Gasteiger partial charge in [-0.2, -0.15) is 0 Å². The Hall–Kier alpha value is -1.51. The van der Waals surface area contributed by atoms with Crippen molar-refractivity contribution < 1.29 is 4.79 Å². The van der Waals surface area contributed by atoms with E-state index in [-0.39, 0.29) is 5.91 Å². The first kappa shape index (κ1) is 15.9. The van der Waals surface area contributed by atoms with Crippen LogP contribution in [0.25, 0.3) is 0 Å². The molecule has 2 rings (SSSR count). The van der Waals surface area contributed by atoms with E-state index in [2.05, 4.69) is 19.2 Å². The number of nitrogen functional groups attached to an aromatic ring is 1. The van der Waals surface area contributed by atoms with Gasteiger partial charge in [0.05, 0.1) is 5.56 Å². The van der Waals surface area contributed by atoms with E-state index >= 15 is 0 Å². The summed E-state index contributed by atoms with van der Waals surface area (Å²) in [6.45, 7) is 7.28. The Labute approximate surface area is 128 Å². The highest BCUT2D eigenvalue weighted by atomic mass is 16.1. The SMILES string of the molecule is Cc1ccc(N)c(C(=O)NCC2(CC(C)C)CCCC2)c1. The van der Waals surface area contributed by atoms with E-state index < -0.39 is 0 Å². The van der Waals surface area contributed by atoms with Crippen molar-refractivity contribution in [1.82, 2.24) is 5.32 Å². The van der Waals surface area contributed by atoms with E-state index in [1.165, 1.54) is 32.1 Å². The Kier molecular flexibility index (Phi) is 4.92. The van der Waals surface area contributed by atoms with Gasteiger partial charge in [0.15, 0.2) is 0 Å². The molecule has 1 fully saturated rings. The molecule has 3 N–H and O–H groups in total. The van der Waals surface area contributed by atoms with E-state index in [9.17, 15) is 4.79 Å². The van der Waals surface area contributed by atoms with Crippen molar-refractivity contribution >= 4 is 11.6 Å². The fourth-order valence-electron chi connectivity index (χ4n) is 3.67. The number of hydrogen-bond acceptors (Lipinski definition) is 2. The van der Waals surface area contributed by atoms with E-state index in [0.717, 1.165) is 12.1 Å². The molecule has 1 saturated carbocycles. The summed E-state index contributed by atoms with van der Waals surface area (Å²) in [5.74, 6) is 0.635. The Morgan fingerprint density at radius 2 is 2.00 bits per heavy atom. The predicted molar refractivity (Wildman–Crippen MR) is 88.3 cm³/mol. The molecule has 21 heavy (non-hydrogen) atoms. The van der Waals surface area contributed by atoms with Gasteiger partial charge in [0, 0.05) is 12.2 Å². The number of carbonyl (C=O) groups excluding carboxylic acids is 1. The molecule has 116 valence electrons. The Bertz CT molecular complexity index is 502. The van der Waals surface area contributed by atoms with Crippen LogP contribution in [0.5, 0.6) is 0 Å². The van der Waals surface area contributed by atoms with Gasteiger partial charge in [-0.15, -0.1) is 0 Å². The van der Waals surface area contributed by atoms with Crippen LogP contribution in [0, 0.1) is 18.3 Å². The van der Waals surface area contributed by atoms with Crippen molar-refractivity contribution in [2.24, 2.45) is 11.3 Å². The highest BCUT2D eigenvalue weighted by Gasteiger charge is 2.34. The molecule has 0 saturated heterocycles. The molecule has 1 aromatic rings. The van der Waals surface area contributed by atoms with Crippen LogP contribution in [0.2, 0.25) is 0 Å². The molecular weight excluding hydrogens is 260 g/mol. The van der Waals surface area contributed by atoms with Crippen molar-refractivity contribution in [3.05, 3.63) is 29.3 Å². The van der Waals surface area contributed by atoms with Gasteiger partial charge in [-0.3, -0.25) is 4.79 Å². The highest BCUT2D eigenvalue weighted by molar-refractivity contribution is 5.99. The number of rotatable bonds is 5. The summed E-state index contributed by atoms with van der Waals surface area (Å²) < 4.78 is 0. The van der Waals surface area contributed by atoms with Crippen LogP contribution in [-0.4, -0.2) is 12.5 Å². The molecule has 1 aliphatic carbocycles. The van der Waals surface area contributed by atoms with Crippen LogP contribution < -0.4 is 11.1 Å². The normalized spacial score (nSPS) is 17.1. The van der Waals surface area contributed by atoms with Gasteiger partial charge in [-0.25, -0.2) is 0 Å². The van der Waals surface area contributed by atoms with E-state index in [0.29, 0.717) is 22.6 Å². The summed E-state index contributed by atoms with van der Waals surface area (Å²) in [5, 5.41) is 3.14. The Balaban J connectivity index is 2.03. The molecule has 0 unspecified atom stereocenters. The molecule has 3 heteroatoms. The largest absolute Gasteiger partial charge is 0.398 e. The summed E-state index contributed by atoms with van der Waals surface area (Å²) in [5.41, 5.74) is 8.45. The number of nitrogens with one attached hydrogen (secondary N) is 1. The molecule has 0 heterocycles. The van der Waals surface area contributed by atoms with Gasteiger partial charge in [-0.05, 0) is 49.7 Å². The average Bonchev–Trinajstić information content (AvgIpc) is 2.87. The number of hydrogen-bond donors (Lipinski definition) is 2. The monoisotopic (exact) mass is 288 g/mol. The summed E-state index contributed by atoms with van der Waals surface area (Å²) in [4.78, 5) is 12.4. The van der Waals surface area contributed by atoms with Crippen molar-refractivity contribution in [2.75, 3.05) is 12.3 Å². The van der Waals surface area contributed by atoms with E-state index in [4.69, 9.17) is 5.73 Å². The van der Waals surface area contributed by atoms with Crippen LogP contribution >= 0.6 is 0 Å². The Morgan fingerprint density at radius 3 is 2.62 bits per heavy atom. The lowest BCUT2D eigenvalue weighted by Crippen LogP contribution is -2.37. The van der Waals surface area contributed by atoms with Gasteiger partial charge in [-0.1, -0.05) is 38.3 Å². The molecule has 3 nitrogen and oxygen atoms in total. The fraction of sp³-hybridized carbons (Fsp3) is 0.611. The molecule has 1 aliphatic rings. The first-order chi connectivity index (χ1) is 9.92. The van der Waals surface area contributed by atoms with Crippen molar-refractivity contribution in [3.63, 3.8) is 0 Å². The molecule has 0 spiro atoms. The van der Waals surface area contributed by atoms with Crippen LogP contribution in [0.4, 0.5) is 5.69 Å². The number of benzene rings is 1. The smallest absolute Gasteiger partial charge is 0.253 e. The second kappa shape index (κ2) is 6.50. The maximum Gasteiger partial charge on any atom is 0.253 e. The van der Waals surface area contributed by atoms with Gasteiger partial charge in [0.25, 0.3) is 5.91 Å². The van der Waals surface area contributed by atoms with E-state index in [1.54, 1.807) is 0 Å². The third-order valence-corrected chi connectivity index (χ3v) is 4.58.